The summed E-state index contributed by atoms with van der Waals surface area (Å²) in [6, 6.07) is -0.405. The Morgan fingerprint density at radius 1 is 1.67 bits per heavy atom. The van der Waals surface area contributed by atoms with E-state index in [1.165, 1.54) is 0 Å². The molecule has 4 nitrogen and oxygen atoms in total. The molecule has 0 radical (unpaired) electrons. The van der Waals surface area contributed by atoms with Crippen molar-refractivity contribution in [3.8, 4) is 0 Å². The van der Waals surface area contributed by atoms with Crippen LogP contribution in [0.3, 0.4) is 0 Å². The minimum atomic E-state index is -0.405. The van der Waals surface area contributed by atoms with Crippen molar-refractivity contribution in [2.75, 3.05) is 6.61 Å². The number of ether oxygens (including phenoxy) is 1. The van der Waals surface area contributed by atoms with Gasteiger partial charge in [0.25, 0.3) is 0 Å². The second-order valence-corrected chi connectivity index (χ2v) is 3.76. The van der Waals surface area contributed by atoms with Crippen LogP contribution in [0.2, 0.25) is 0 Å². The first-order valence-electron chi connectivity index (χ1n) is 4.34. The largest absolute Gasteiger partial charge is 0.373 e. The van der Waals surface area contributed by atoms with Gasteiger partial charge in [0.1, 0.15) is 0 Å². The molecule has 1 fully saturated rings. The van der Waals surface area contributed by atoms with E-state index in [4.69, 9.17) is 4.74 Å². The summed E-state index contributed by atoms with van der Waals surface area (Å²) in [6.07, 6.45) is 1.41. The van der Waals surface area contributed by atoms with Gasteiger partial charge in [-0.15, -0.1) is 0 Å². The summed E-state index contributed by atoms with van der Waals surface area (Å²) >= 11 is 0. The lowest BCUT2D eigenvalue weighted by Gasteiger charge is -2.09. The van der Waals surface area contributed by atoms with Gasteiger partial charge in [-0.05, 0) is 5.92 Å². The predicted molar refractivity (Wildman–Crippen MR) is 44.6 cm³/mol. The van der Waals surface area contributed by atoms with Gasteiger partial charge in [0.2, 0.25) is 6.04 Å². The zero-order valence-electron chi connectivity index (χ0n) is 7.53. The molecular weight excluding hydrogens is 158 g/mol. The van der Waals surface area contributed by atoms with E-state index < -0.39 is 6.04 Å². The Morgan fingerprint density at radius 3 is 2.58 bits per heavy atom. The Balaban J connectivity index is 2.31. The number of hydrogen-bond donors (Lipinski definition) is 0. The van der Waals surface area contributed by atoms with E-state index >= 15 is 0 Å². The summed E-state index contributed by atoms with van der Waals surface area (Å²) in [5.74, 6) is 0.388. The molecular formula is C8H15NO3. The molecule has 12 heavy (non-hydrogen) atoms. The fourth-order valence-electron chi connectivity index (χ4n) is 1.32. The highest BCUT2D eigenvalue weighted by Crippen LogP contribution is 2.21. The van der Waals surface area contributed by atoms with Crippen molar-refractivity contribution in [2.45, 2.75) is 38.8 Å². The monoisotopic (exact) mass is 173 g/mol. The highest BCUT2D eigenvalue weighted by molar-refractivity contribution is 4.74. The molecule has 0 aromatic heterocycles. The molecule has 0 amide bonds. The smallest absolute Gasteiger partial charge is 0.216 e. The standard InChI is InChI=1S/C8H15NO3/c1-6(2)3-7(9(10)11)4-8-5-12-8/h6-8H,3-5H2,1-2H3/t7-,8?/m1/s1. The Hall–Kier alpha value is -0.640. The van der Waals surface area contributed by atoms with Crippen LogP contribution in [0.5, 0.6) is 0 Å². The van der Waals surface area contributed by atoms with Crippen LogP contribution in [0.1, 0.15) is 26.7 Å². The maximum absolute atomic E-state index is 10.5. The predicted octanol–water partition coefficient (Wildman–Crippen LogP) is 1.47. The highest BCUT2D eigenvalue weighted by atomic mass is 16.6. The van der Waals surface area contributed by atoms with Gasteiger partial charge in [-0.25, -0.2) is 0 Å². The van der Waals surface area contributed by atoms with Gasteiger partial charge in [-0.3, -0.25) is 10.1 Å². The quantitative estimate of drug-likeness (QED) is 0.359. The third kappa shape index (κ3) is 3.17. The van der Waals surface area contributed by atoms with Crippen LogP contribution < -0.4 is 0 Å². The van der Waals surface area contributed by atoms with E-state index in [0.29, 0.717) is 25.4 Å². The number of nitro groups is 1. The van der Waals surface area contributed by atoms with Gasteiger partial charge in [0.15, 0.2) is 0 Å². The molecule has 1 aliphatic rings. The lowest BCUT2D eigenvalue weighted by atomic mass is 10.0. The molecule has 0 spiro atoms. The zero-order valence-corrected chi connectivity index (χ0v) is 7.53. The van der Waals surface area contributed by atoms with Crippen LogP contribution in [0.25, 0.3) is 0 Å². The minimum absolute atomic E-state index is 0.166. The fourth-order valence-corrected chi connectivity index (χ4v) is 1.32. The molecule has 1 unspecified atom stereocenters. The molecule has 1 aliphatic heterocycles. The number of rotatable bonds is 5. The van der Waals surface area contributed by atoms with Gasteiger partial charge in [-0.2, -0.15) is 0 Å². The van der Waals surface area contributed by atoms with Crippen molar-refractivity contribution in [1.82, 2.24) is 0 Å². The Kier molecular flexibility index (Phi) is 3.03. The molecule has 0 N–H and O–H groups in total. The van der Waals surface area contributed by atoms with Crippen molar-refractivity contribution in [2.24, 2.45) is 5.92 Å². The molecule has 1 saturated heterocycles. The summed E-state index contributed by atoms with van der Waals surface area (Å²) < 4.78 is 4.97. The van der Waals surface area contributed by atoms with Crippen molar-refractivity contribution >= 4 is 0 Å². The average molecular weight is 173 g/mol. The summed E-state index contributed by atoms with van der Waals surface area (Å²) in [6.45, 7) is 4.72. The molecule has 1 rings (SSSR count). The Morgan fingerprint density at radius 2 is 2.25 bits per heavy atom. The number of epoxide rings is 1. The topological polar surface area (TPSA) is 55.7 Å². The first-order valence-corrected chi connectivity index (χ1v) is 4.34. The molecule has 1 heterocycles. The summed E-state index contributed by atoms with van der Waals surface area (Å²) in [5, 5.41) is 10.5. The van der Waals surface area contributed by atoms with Crippen LogP contribution in [0.4, 0.5) is 0 Å². The lowest BCUT2D eigenvalue weighted by Crippen LogP contribution is -2.23. The fraction of sp³-hybridized carbons (Fsp3) is 1.00. The van der Waals surface area contributed by atoms with E-state index in [2.05, 4.69) is 0 Å². The number of hydrogen-bond acceptors (Lipinski definition) is 3. The van der Waals surface area contributed by atoms with Crippen LogP contribution in [-0.2, 0) is 4.74 Å². The number of nitrogens with zero attached hydrogens (tertiary/aromatic N) is 1. The van der Waals surface area contributed by atoms with Gasteiger partial charge in [0, 0.05) is 17.8 Å². The van der Waals surface area contributed by atoms with E-state index in [1.807, 2.05) is 13.8 Å². The summed E-state index contributed by atoms with van der Waals surface area (Å²) in [7, 11) is 0. The minimum Gasteiger partial charge on any atom is -0.373 e. The van der Waals surface area contributed by atoms with Crippen LogP contribution in [0, 0.1) is 16.0 Å². The van der Waals surface area contributed by atoms with E-state index in [0.717, 1.165) is 0 Å². The molecule has 0 aliphatic carbocycles. The van der Waals surface area contributed by atoms with Crippen molar-refractivity contribution in [3.05, 3.63) is 10.1 Å². The Bertz CT molecular complexity index is 162. The van der Waals surface area contributed by atoms with E-state index in [-0.39, 0.29) is 11.0 Å². The lowest BCUT2D eigenvalue weighted by molar-refractivity contribution is -0.525. The van der Waals surface area contributed by atoms with Crippen LogP contribution in [0.15, 0.2) is 0 Å². The van der Waals surface area contributed by atoms with Gasteiger partial charge in [-0.1, -0.05) is 13.8 Å². The van der Waals surface area contributed by atoms with Crippen molar-refractivity contribution < 1.29 is 9.66 Å². The first kappa shape index (κ1) is 9.45. The highest BCUT2D eigenvalue weighted by Gasteiger charge is 2.32. The van der Waals surface area contributed by atoms with Gasteiger partial charge < -0.3 is 4.74 Å². The van der Waals surface area contributed by atoms with Crippen molar-refractivity contribution in [3.63, 3.8) is 0 Å². The van der Waals surface area contributed by atoms with Crippen LogP contribution >= 0.6 is 0 Å². The van der Waals surface area contributed by atoms with Crippen LogP contribution in [-0.4, -0.2) is 23.7 Å². The third-order valence-electron chi connectivity index (χ3n) is 1.98. The molecule has 70 valence electrons. The van der Waals surface area contributed by atoms with Gasteiger partial charge >= 0.3 is 0 Å². The molecule has 4 heteroatoms. The van der Waals surface area contributed by atoms with E-state index in [9.17, 15) is 10.1 Å². The maximum atomic E-state index is 10.5. The molecule has 0 bridgehead atoms. The second-order valence-electron chi connectivity index (χ2n) is 3.76. The average Bonchev–Trinajstić information content (AvgIpc) is 2.68. The summed E-state index contributed by atoms with van der Waals surface area (Å²) in [4.78, 5) is 10.4. The molecule has 0 aromatic carbocycles. The summed E-state index contributed by atoms with van der Waals surface area (Å²) in [5.41, 5.74) is 0. The Labute approximate surface area is 72.1 Å². The first-order chi connectivity index (χ1) is 5.59. The SMILES string of the molecule is CC(C)C[C@H](CC1CO1)[N+](=O)[O-]. The zero-order chi connectivity index (χ0) is 9.14. The van der Waals surface area contributed by atoms with Crippen molar-refractivity contribution in [1.29, 1.82) is 0 Å². The molecule has 0 aromatic rings. The van der Waals surface area contributed by atoms with E-state index in [1.54, 1.807) is 0 Å². The third-order valence-corrected chi connectivity index (χ3v) is 1.98. The normalized spacial score (nSPS) is 24.1. The molecule has 2 atom stereocenters. The maximum Gasteiger partial charge on any atom is 0.216 e. The molecule has 0 saturated carbocycles. The van der Waals surface area contributed by atoms with Gasteiger partial charge in [0.05, 0.1) is 12.7 Å². The second kappa shape index (κ2) is 3.85.